The molecule has 8 nitrogen and oxygen atoms in total. The van der Waals surface area contributed by atoms with Gasteiger partial charge in [0.2, 0.25) is 0 Å². The van der Waals surface area contributed by atoms with Gasteiger partial charge in [0.15, 0.2) is 0 Å². The number of hydrogen-bond acceptors (Lipinski definition) is 8. The number of rotatable bonds is 33. The number of esters is 4. The highest BCUT2D eigenvalue weighted by molar-refractivity contribution is 5.71. The van der Waals surface area contributed by atoms with Crippen molar-refractivity contribution in [1.82, 2.24) is 0 Å². The first-order chi connectivity index (χ1) is 25.7. The Labute approximate surface area is 334 Å². The summed E-state index contributed by atoms with van der Waals surface area (Å²) in [5.74, 6) is -0.476. The molecule has 0 unspecified atom stereocenters. The van der Waals surface area contributed by atoms with Crippen molar-refractivity contribution in [3.8, 4) is 0 Å². The fourth-order valence-corrected chi connectivity index (χ4v) is 5.69. The molecule has 0 atom stereocenters. The fraction of sp³-hybridized carbons (Fsp3) is 0.913. The van der Waals surface area contributed by atoms with Gasteiger partial charge in [-0.3, -0.25) is 19.2 Å². The van der Waals surface area contributed by atoms with E-state index in [1.807, 2.05) is 55.4 Å². The van der Waals surface area contributed by atoms with Crippen molar-refractivity contribution < 1.29 is 38.1 Å². The Hall–Kier alpha value is -2.12. The molecule has 0 aliphatic carbocycles. The van der Waals surface area contributed by atoms with Crippen molar-refractivity contribution in [3.05, 3.63) is 0 Å². The Balaban J connectivity index is -0.000000726. The molecule has 0 amide bonds. The molecular formula is C46H90O8. The molecule has 54 heavy (non-hydrogen) atoms. The first kappa shape index (κ1) is 56.2. The van der Waals surface area contributed by atoms with Gasteiger partial charge in [-0.15, -0.1) is 0 Å². The van der Waals surface area contributed by atoms with E-state index >= 15 is 0 Å². The maximum atomic E-state index is 11.3. The molecule has 0 aliphatic rings. The van der Waals surface area contributed by atoms with E-state index in [0.29, 0.717) is 38.5 Å². The average Bonchev–Trinajstić information content (AvgIpc) is 3.07. The highest BCUT2D eigenvalue weighted by Gasteiger charge is 2.09. The van der Waals surface area contributed by atoms with Crippen molar-refractivity contribution >= 4 is 23.9 Å². The van der Waals surface area contributed by atoms with Crippen molar-refractivity contribution in [3.63, 3.8) is 0 Å². The molecule has 0 fully saturated rings. The van der Waals surface area contributed by atoms with Crippen LogP contribution in [0.5, 0.6) is 0 Å². The van der Waals surface area contributed by atoms with Crippen LogP contribution >= 0.6 is 0 Å². The van der Waals surface area contributed by atoms with E-state index in [-0.39, 0.29) is 48.3 Å². The minimum absolute atomic E-state index is 0.0280. The van der Waals surface area contributed by atoms with Gasteiger partial charge < -0.3 is 18.9 Å². The lowest BCUT2D eigenvalue weighted by molar-refractivity contribution is -0.149. The highest BCUT2D eigenvalue weighted by Crippen LogP contribution is 2.14. The van der Waals surface area contributed by atoms with Crippen LogP contribution in [0.2, 0.25) is 0 Å². The molecule has 0 aromatic rings. The van der Waals surface area contributed by atoms with E-state index < -0.39 is 0 Å². The van der Waals surface area contributed by atoms with Gasteiger partial charge in [-0.25, -0.2) is 0 Å². The van der Waals surface area contributed by atoms with Crippen LogP contribution in [0.25, 0.3) is 0 Å². The van der Waals surface area contributed by atoms with Crippen LogP contribution in [-0.4, -0.2) is 48.3 Å². The molecule has 0 N–H and O–H groups in total. The third-order valence-corrected chi connectivity index (χ3v) is 8.45. The third-order valence-electron chi connectivity index (χ3n) is 8.45. The second kappa shape index (κ2) is 43.6. The van der Waals surface area contributed by atoms with Gasteiger partial charge in [0, 0.05) is 25.7 Å². The first-order valence-electron chi connectivity index (χ1n) is 22.5. The predicted molar refractivity (Wildman–Crippen MR) is 226 cm³/mol. The Morgan fingerprint density at radius 3 is 0.593 bits per heavy atom. The van der Waals surface area contributed by atoms with E-state index in [9.17, 15) is 19.2 Å². The van der Waals surface area contributed by atoms with E-state index in [1.165, 1.54) is 128 Å². The van der Waals surface area contributed by atoms with Crippen LogP contribution in [0, 0.1) is 0 Å². The predicted octanol–water partition coefficient (Wildman–Crippen LogP) is 13.7. The average molecular weight is 771 g/mol. The second-order valence-electron chi connectivity index (χ2n) is 15.9. The molecule has 0 radical (unpaired) electrons. The first-order valence-corrected chi connectivity index (χ1v) is 22.5. The van der Waals surface area contributed by atoms with Crippen molar-refractivity contribution in [1.29, 1.82) is 0 Å². The molecule has 0 aliphatic heterocycles. The number of hydrogen-bond donors (Lipinski definition) is 0. The van der Waals surface area contributed by atoms with Gasteiger partial charge in [-0.2, -0.15) is 0 Å². The molecule has 0 saturated heterocycles. The monoisotopic (exact) mass is 771 g/mol. The summed E-state index contributed by atoms with van der Waals surface area (Å²) in [4.78, 5) is 44.9. The maximum Gasteiger partial charge on any atom is 0.306 e. The number of carbonyl (C=O) groups excluding carboxylic acids is 4. The molecule has 0 aromatic carbocycles. The van der Waals surface area contributed by atoms with Crippen LogP contribution < -0.4 is 0 Å². The largest absolute Gasteiger partial charge is 0.463 e. The zero-order valence-electron chi connectivity index (χ0n) is 37.4. The fourth-order valence-electron chi connectivity index (χ4n) is 5.69. The molecule has 0 aromatic heterocycles. The summed E-state index contributed by atoms with van der Waals surface area (Å²) in [6.45, 7) is 19.4. The van der Waals surface area contributed by atoms with E-state index in [0.717, 1.165) is 12.8 Å². The van der Waals surface area contributed by atoms with Crippen LogP contribution in [0.3, 0.4) is 0 Å². The number of ether oxygens (including phenoxy) is 4. The van der Waals surface area contributed by atoms with E-state index in [1.54, 1.807) is 0 Å². The van der Waals surface area contributed by atoms with Gasteiger partial charge in [0.25, 0.3) is 0 Å². The minimum atomic E-state index is -0.202. The van der Waals surface area contributed by atoms with Gasteiger partial charge in [0.1, 0.15) is 0 Å². The molecule has 322 valence electrons. The lowest BCUT2D eigenvalue weighted by atomic mass is 10.1. The lowest BCUT2D eigenvalue weighted by Gasteiger charge is -2.08. The lowest BCUT2D eigenvalue weighted by Crippen LogP contribution is -2.12. The van der Waals surface area contributed by atoms with Gasteiger partial charge in [-0.05, 0) is 81.1 Å². The Kier molecular flexibility index (Phi) is 45.4. The van der Waals surface area contributed by atoms with Gasteiger partial charge in [-0.1, -0.05) is 142 Å². The van der Waals surface area contributed by atoms with Crippen LogP contribution in [0.4, 0.5) is 0 Å². The quantitative estimate of drug-likeness (QED) is 0.0369. The van der Waals surface area contributed by atoms with Crippen LogP contribution in [0.1, 0.15) is 249 Å². The standard InChI is InChI=1S/2C17H34O2.C12H22O4/c2*1-4-5-6-7-8-9-10-11-12-13-14-15-17(18)19-16(2)3;1-9(2)15-11(13)7-5-6-8-12(14)16-10(3)4/h2*16H,4-15H2,1-3H3;9-10H,5-8H2,1-4H3. The van der Waals surface area contributed by atoms with E-state index in [4.69, 9.17) is 18.9 Å². The van der Waals surface area contributed by atoms with Gasteiger partial charge >= 0.3 is 23.9 Å². The molecular weight excluding hydrogens is 680 g/mol. The summed E-state index contributed by atoms with van der Waals surface area (Å²) >= 11 is 0. The topological polar surface area (TPSA) is 105 Å². The van der Waals surface area contributed by atoms with Crippen molar-refractivity contribution in [2.24, 2.45) is 0 Å². The molecule has 8 heteroatoms. The smallest absolute Gasteiger partial charge is 0.306 e. The minimum Gasteiger partial charge on any atom is -0.463 e. The molecule has 0 saturated carbocycles. The zero-order valence-corrected chi connectivity index (χ0v) is 37.4. The summed E-state index contributed by atoms with van der Waals surface area (Å²) in [5.41, 5.74) is 0. The summed E-state index contributed by atoms with van der Waals surface area (Å²) in [6.07, 6.45) is 32.1. The molecule has 0 spiro atoms. The summed E-state index contributed by atoms with van der Waals surface area (Å²) in [6, 6.07) is 0. The normalized spacial score (nSPS) is 10.9. The summed E-state index contributed by atoms with van der Waals surface area (Å²) < 4.78 is 20.1. The number of carbonyl (C=O) groups is 4. The molecule has 0 bridgehead atoms. The third kappa shape index (κ3) is 54.2. The number of unbranched alkanes of at least 4 members (excludes halogenated alkanes) is 21. The van der Waals surface area contributed by atoms with Crippen LogP contribution in [0.15, 0.2) is 0 Å². The Morgan fingerprint density at radius 1 is 0.278 bits per heavy atom. The zero-order chi connectivity index (χ0) is 41.2. The maximum absolute atomic E-state index is 11.3. The SMILES string of the molecule is CC(C)OC(=O)CCCCC(=O)OC(C)C.CCCCCCCCCCCCCC(=O)OC(C)C.CCCCCCCCCCCCCC(=O)OC(C)C. The summed E-state index contributed by atoms with van der Waals surface area (Å²) in [5, 5.41) is 0. The molecule has 0 heterocycles. The van der Waals surface area contributed by atoms with Crippen molar-refractivity contribution in [2.75, 3.05) is 0 Å². The van der Waals surface area contributed by atoms with Gasteiger partial charge in [0.05, 0.1) is 24.4 Å². The highest BCUT2D eigenvalue weighted by atomic mass is 16.6. The second-order valence-corrected chi connectivity index (χ2v) is 15.9. The molecule has 0 rings (SSSR count). The Morgan fingerprint density at radius 2 is 0.426 bits per heavy atom. The van der Waals surface area contributed by atoms with Crippen LogP contribution in [-0.2, 0) is 38.1 Å². The summed E-state index contributed by atoms with van der Waals surface area (Å²) in [7, 11) is 0. The van der Waals surface area contributed by atoms with Crippen molar-refractivity contribution in [2.45, 2.75) is 273 Å². The Bertz CT molecular complexity index is 769. The van der Waals surface area contributed by atoms with E-state index in [2.05, 4.69) is 13.8 Å².